The van der Waals surface area contributed by atoms with Crippen LogP contribution < -0.4 is 5.32 Å². The van der Waals surface area contributed by atoms with Gasteiger partial charge in [0.05, 0.1) is 12.1 Å². The molecule has 23 heavy (non-hydrogen) atoms. The number of amides is 1. The third-order valence-electron chi connectivity index (χ3n) is 4.55. The number of carbonyl (C=O) groups excluding carboxylic acids is 1. The molecule has 2 heterocycles. The van der Waals surface area contributed by atoms with E-state index in [0.717, 1.165) is 42.4 Å². The number of aliphatic hydroxyl groups is 1. The Morgan fingerprint density at radius 2 is 2.04 bits per heavy atom. The number of para-hydroxylation sites is 1. The minimum Gasteiger partial charge on any atom is -0.396 e. The first-order valence-corrected chi connectivity index (χ1v) is 8.19. The highest BCUT2D eigenvalue weighted by Gasteiger charge is 2.20. The summed E-state index contributed by atoms with van der Waals surface area (Å²) in [5, 5.41) is 13.2. The van der Waals surface area contributed by atoms with E-state index in [4.69, 9.17) is 5.11 Å². The summed E-state index contributed by atoms with van der Waals surface area (Å²) in [5.41, 5.74) is 2.04. The van der Waals surface area contributed by atoms with Crippen LogP contribution in [0.1, 0.15) is 18.4 Å². The van der Waals surface area contributed by atoms with Crippen molar-refractivity contribution in [3.63, 3.8) is 0 Å². The van der Waals surface area contributed by atoms with Crippen molar-refractivity contribution >= 4 is 16.8 Å². The van der Waals surface area contributed by atoms with E-state index in [1.165, 1.54) is 0 Å². The smallest absolute Gasteiger partial charge is 0.234 e. The number of nitrogens with zero attached hydrogens (tertiary/aromatic N) is 2. The van der Waals surface area contributed by atoms with Crippen molar-refractivity contribution in [2.75, 3.05) is 26.2 Å². The number of carbonyl (C=O) groups is 1. The van der Waals surface area contributed by atoms with Gasteiger partial charge in [-0.3, -0.25) is 14.7 Å². The van der Waals surface area contributed by atoms with Crippen molar-refractivity contribution in [2.24, 2.45) is 5.92 Å². The zero-order chi connectivity index (χ0) is 16.1. The summed E-state index contributed by atoms with van der Waals surface area (Å²) in [5.74, 6) is 0.450. The quantitative estimate of drug-likeness (QED) is 0.879. The summed E-state index contributed by atoms with van der Waals surface area (Å²) in [6, 6.07) is 9.92. The molecule has 5 heteroatoms. The molecule has 2 N–H and O–H groups in total. The summed E-state index contributed by atoms with van der Waals surface area (Å²) in [4.78, 5) is 18.6. The molecule has 2 aromatic rings. The van der Waals surface area contributed by atoms with E-state index in [9.17, 15) is 4.79 Å². The Hall–Kier alpha value is -1.98. The van der Waals surface area contributed by atoms with Crippen LogP contribution in [0.3, 0.4) is 0 Å². The molecule has 1 aliphatic rings. The average molecular weight is 313 g/mol. The molecule has 0 spiro atoms. The highest BCUT2D eigenvalue weighted by Crippen LogP contribution is 2.17. The molecule has 0 bridgehead atoms. The minimum atomic E-state index is 0.0494. The maximum absolute atomic E-state index is 12.2. The third kappa shape index (κ3) is 4.06. The Kier molecular flexibility index (Phi) is 5.20. The van der Waals surface area contributed by atoms with E-state index < -0.39 is 0 Å². The number of hydrogen-bond acceptors (Lipinski definition) is 4. The molecule has 0 atom stereocenters. The number of likely N-dealkylation sites (tertiary alicyclic amines) is 1. The monoisotopic (exact) mass is 313 g/mol. The molecule has 1 aliphatic heterocycles. The maximum Gasteiger partial charge on any atom is 0.234 e. The number of aliphatic hydroxyl groups excluding tert-OH is 1. The Morgan fingerprint density at radius 3 is 2.83 bits per heavy atom. The van der Waals surface area contributed by atoms with Crippen molar-refractivity contribution in [3.8, 4) is 0 Å². The molecule has 3 rings (SSSR count). The lowest BCUT2D eigenvalue weighted by molar-refractivity contribution is -0.122. The van der Waals surface area contributed by atoms with Crippen LogP contribution in [0.5, 0.6) is 0 Å². The van der Waals surface area contributed by atoms with E-state index in [1.54, 1.807) is 6.20 Å². The number of fused-ring (bicyclic) bond motifs is 1. The summed E-state index contributed by atoms with van der Waals surface area (Å²) in [7, 11) is 0. The third-order valence-corrected chi connectivity index (χ3v) is 4.55. The fourth-order valence-electron chi connectivity index (χ4n) is 3.09. The van der Waals surface area contributed by atoms with Crippen LogP contribution in [0, 0.1) is 5.92 Å². The predicted octanol–water partition coefficient (Wildman–Crippen LogP) is 1.56. The molecule has 1 fully saturated rings. The number of pyridine rings is 1. The maximum atomic E-state index is 12.2. The van der Waals surface area contributed by atoms with E-state index >= 15 is 0 Å². The van der Waals surface area contributed by atoms with Crippen molar-refractivity contribution in [3.05, 3.63) is 42.1 Å². The Labute approximate surface area is 136 Å². The number of nitrogens with one attached hydrogen (secondary N) is 1. The Balaban J connectivity index is 1.53. The van der Waals surface area contributed by atoms with Gasteiger partial charge in [0, 0.05) is 24.7 Å². The summed E-state index contributed by atoms with van der Waals surface area (Å²) in [6.07, 6.45) is 3.72. The van der Waals surface area contributed by atoms with Crippen molar-refractivity contribution in [1.29, 1.82) is 0 Å². The van der Waals surface area contributed by atoms with Crippen molar-refractivity contribution in [2.45, 2.75) is 19.4 Å². The largest absolute Gasteiger partial charge is 0.396 e. The van der Waals surface area contributed by atoms with Gasteiger partial charge in [-0.1, -0.05) is 18.2 Å². The summed E-state index contributed by atoms with van der Waals surface area (Å²) >= 11 is 0. The number of aromatic nitrogens is 1. The molecule has 0 radical (unpaired) electrons. The molecule has 122 valence electrons. The molecule has 0 saturated carbocycles. The zero-order valence-electron chi connectivity index (χ0n) is 13.2. The van der Waals surface area contributed by atoms with Crippen molar-refractivity contribution < 1.29 is 9.90 Å². The van der Waals surface area contributed by atoms with Crippen LogP contribution in [0.25, 0.3) is 10.9 Å². The van der Waals surface area contributed by atoms with E-state index in [2.05, 4.69) is 15.2 Å². The first-order chi connectivity index (χ1) is 11.3. The van der Waals surface area contributed by atoms with Gasteiger partial charge in [-0.2, -0.15) is 0 Å². The first kappa shape index (κ1) is 15.9. The van der Waals surface area contributed by atoms with Gasteiger partial charge in [0.1, 0.15) is 0 Å². The topological polar surface area (TPSA) is 65.5 Å². The highest BCUT2D eigenvalue weighted by molar-refractivity contribution is 5.83. The molecule has 1 aromatic heterocycles. The number of rotatable bonds is 5. The Morgan fingerprint density at radius 1 is 1.26 bits per heavy atom. The van der Waals surface area contributed by atoms with Crippen LogP contribution >= 0.6 is 0 Å². The van der Waals surface area contributed by atoms with E-state index in [0.29, 0.717) is 19.0 Å². The first-order valence-electron chi connectivity index (χ1n) is 8.19. The number of piperidine rings is 1. The van der Waals surface area contributed by atoms with Gasteiger partial charge < -0.3 is 10.4 Å². The second-order valence-electron chi connectivity index (χ2n) is 6.17. The van der Waals surface area contributed by atoms with Gasteiger partial charge in [-0.05, 0) is 49.5 Å². The SMILES string of the molecule is O=C(CN1CCC(CO)CC1)NCc1ccnc2ccccc12. The summed E-state index contributed by atoms with van der Waals surface area (Å²) in [6.45, 7) is 2.99. The van der Waals surface area contributed by atoms with E-state index in [1.807, 2.05) is 30.3 Å². The number of hydrogen-bond donors (Lipinski definition) is 2. The molecule has 1 saturated heterocycles. The van der Waals surface area contributed by atoms with Crippen LogP contribution in [0.15, 0.2) is 36.5 Å². The van der Waals surface area contributed by atoms with Crippen LogP contribution in [-0.4, -0.2) is 47.1 Å². The van der Waals surface area contributed by atoms with E-state index in [-0.39, 0.29) is 12.5 Å². The molecular weight excluding hydrogens is 290 g/mol. The van der Waals surface area contributed by atoms with Gasteiger partial charge in [0.2, 0.25) is 5.91 Å². The van der Waals surface area contributed by atoms with Gasteiger partial charge >= 0.3 is 0 Å². The fourth-order valence-corrected chi connectivity index (χ4v) is 3.09. The predicted molar refractivity (Wildman–Crippen MR) is 89.8 cm³/mol. The van der Waals surface area contributed by atoms with Crippen LogP contribution in [0.4, 0.5) is 0 Å². The second-order valence-corrected chi connectivity index (χ2v) is 6.17. The molecule has 1 aromatic carbocycles. The molecular formula is C18H23N3O2. The lowest BCUT2D eigenvalue weighted by Crippen LogP contribution is -2.41. The molecule has 1 amide bonds. The zero-order valence-corrected chi connectivity index (χ0v) is 13.2. The average Bonchev–Trinajstić information content (AvgIpc) is 2.60. The highest BCUT2D eigenvalue weighted by atomic mass is 16.3. The van der Waals surface area contributed by atoms with Gasteiger partial charge in [0.25, 0.3) is 0 Å². The van der Waals surface area contributed by atoms with Crippen molar-refractivity contribution in [1.82, 2.24) is 15.2 Å². The molecule has 5 nitrogen and oxygen atoms in total. The standard InChI is InChI=1S/C18H23N3O2/c22-13-14-6-9-21(10-7-14)12-18(23)20-11-15-5-8-19-17-4-2-1-3-16(15)17/h1-5,8,14,22H,6-7,9-13H2,(H,20,23). The van der Waals surface area contributed by atoms with Crippen LogP contribution in [-0.2, 0) is 11.3 Å². The Bertz CT molecular complexity index is 661. The van der Waals surface area contributed by atoms with Crippen LogP contribution in [0.2, 0.25) is 0 Å². The molecule has 0 aliphatic carbocycles. The fraction of sp³-hybridized carbons (Fsp3) is 0.444. The molecule has 0 unspecified atom stereocenters. The summed E-state index contributed by atoms with van der Waals surface area (Å²) < 4.78 is 0. The lowest BCUT2D eigenvalue weighted by atomic mass is 9.98. The minimum absolute atomic E-state index is 0.0494. The normalized spacial score (nSPS) is 16.6. The van der Waals surface area contributed by atoms with Gasteiger partial charge in [-0.15, -0.1) is 0 Å². The number of benzene rings is 1. The van der Waals surface area contributed by atoms with Gasteiger partial charge in [0.15, 0.2) is 0 Å². The second kappa shape index (κ2) is 7.53. The van der Waals surface area contributed by atoms with Gasteiger partial charge in [-0.25, -0.2) is 0 Å². The lowest BCUT2D eigenvalue weighted by Gasteiger charge is -2.30.